The molecule has 2 N–H and O–H groups in total. The summed E-state index contributed by atoms with van der Waals surface area (Å²) in [5.41, 5.74) is 7.21. The molecule has 3 aromatic carbocycles. The quantitative estimate of drug-likeness (QED) is 0.177. The van der Waals surface area contributed by atoms with Gasteiger partial charge in [0.15, 0.2) is 0 Å². The van der Waals surface area contributed by atoms with Crippen molar-refractivity contribution in [1.82, 2.24) is 10.3 Å². The number of benzene rings is 3. The van der Waals surface area contributed by atoms with Crippen molar-refractivity contribution >= 4 is 46.7 Å². The van der Waals surface area contributed by atoms with Crippen molar-refractivity contribution < 1.29 is 14.6 Å². The lowest BCUT2D eigenvalue weighted by Gasteiger charge is -2.36. The van der Waals surface area contributed by atoms with Gasteiger partial charge in [0.05, 0.1) is 17.3 Å². The normalized spacial score (nSPS) is 15.3. The average Bonchev–Trinajstić information content (AvgIpc) is 3.41. The molecule has 2 heterocycles. The first kappa shape index (κ1) is 27.2. The zero-order valence-electron chi connectivity index (χ0n) is 21.2. The second kappa shape index (κ2) is 12.2. The third-order valence-electron chi connectivity index (χ3n) is 6.72. The smallest absolute Gasteiger partial charge is 0.271 e. The number of phenols is 1. The number of amides is 1. The van der Waals surface area contributed by atoms with Crippen LogP contribution in [0.2, 0.25) is 10.0 Å². The van der Waals surface area contributed by atoms with Crippen LogP contribution in [0.25, 0.3) is 0 Å². The van der Waals surface area contributed by atoms with Crippen molar-refractivity contribution in [2.24, 2.45) is 5.10 Å². The Morgan fingerprint density at radius 2 is 1.97 bits per heavy atom. The Kier molecular flexibility index (Phi) is 8.53. The number of aromatic hydroxyl groups is 1. The Hall–Kier alpha value is -3.36. The number of phenolic OH excluding ortho intramolecular Hbond substituents is 1. The van der Waals surface area contributed by atoms with Crippen molar-refractivity contribution in [2.75, 3.05) is 19.7 Å². The number of carbonyl (C=O) groups is 1. The van der Waals surface area contributed by atoms with Crippen LogP contribution in [-0.2, 0) is 6.42 Å². The lowest BCUT2D eigenvalue weighted by molar-refractivity contribution is 0.0955. The fourth-order valence-corrected chi connectivity index (χ4v) is 5.89. The summed E-state index contributed by atoms with van der Waals surface area (Å²) < 4.78 is 6.13. The minimum atomic E-state index is -0.421. The van der Waals surface area contributed by atoms with Crippen LogP contribution in [0.4, 0.5) is 0 Å². The summed E-state index contributed by atoms with van der Waals surface area (Å²) >= 11 is 13.8. The highest BCUT2D eigenvalue weighted by Gasteiger charge is 2.29. The lowest BCUT2D eigenvalue weighted by Crippen LogP contribution is -2.38. The molecule has 4 aromatic rings. The van der Waals surface area contributed by atoms with Crippen molar-refractivity contribution in [3.8, 4) is 11.5 Å². The first-order valence-electron chi connectivity index (χ1n) is 12.5. The van der Waals surface area contributed by atoms with Gasteiger partial charge < -0.3 is 9.84 Å². The fourth-order valence-electron chi connectivity index (χ4n) is 4.68. The first-order chi connectivity index (χ1) is 18.9. The van der Waals surface area contributed by atoms with E-state index in [4.69, 9.17) is 27.9 Å². The predicted molar refractivity (Wildman–Crippen MR) is 158 cm³/mol. The van der Waals surface area contributed by atoms with E-state index in [9.17, 15) is 9.90 Å². The predicted octanol–water partition coefficient (Wildman–Crippen LogP) is 6.86. The van der Waals surface area contributed by atoms with E-state index in [1.807, 2.05) is 48.6 Å². The number of fused-ring (bicyclic) bond motifs is 1. The summed E-state index contributed by atoms with van der Waals surface area (Å²) in [5, 5.41) is 16.6. The number of carbonyl (C=O) groups excluding carboxylic acids is 1. The number of hydrogen-bond acceptors (Lipinski definition) is 6. The van der Waals surface area contributed by atoms with Crippen LogP contribution in [0.15, 0.2) is 77.2 Å². The molecule has 5 rings (SSSR count). The maximum absolute atomic E-state index is 12.3. The summed E-state index contributed by atoms with van der Waals surface area (Å²) in [6, 6.07) is 20.6. The Labute approximate surface area is 241 Å². The molecule has 1 amide bonds. The van der Waals surface area contributed by atoms with Crippen LogP contribution in [0, 0.1) is 6.92 Å². The second-order valence-corrected chi connectivity index (χ2v) is 11.1. The minimum absolute atomic E-state index is 0.0800. The number of hydrogen-bond donors (Lipinski definition) is 2. The Morgan fingerprint density at radius 1 is 1.15 bits per heavy atom. The fraction of sp³-hybridized carbons (Fsp3) is 0.200. The van der Waals surface area contributed by atoms with E-state index in [2.05, 4.69) is 39.0 Å². The van der Waals surface area contributed by atoms with E-state index in [1.54, 1.807) is 6.21 Å². The second-order valence-electron chi connectivity index (χ2n) is 9.27. The van der Waals surface area contributed by atoms with Gasteiger partial charge in [-0.15, -0.1) is 11.3 Å². The van der Waals surface area contributed by atoms with Crippen LogP contribution in [0.5, 0.6) is 11.5 Å². The van der Waals surface area contributed by atoms with Gasteiger partial charge in [0, 0.05) is 28.6 Å². The maximum atomic E-state index is 12.3. The Balaban J connectivity index is 1.18. The van der Waals surface area contributed by atoms with Crippen LogP contribution in [-0.4, -0.2) is 41.8 Å². The van der Waals surface area contributed by atoms with E-state index < -0.39 is 5.91 Å². The third-order valence-corrected chi connectivity index (χ3v) is 8.27. The number of nitrogens with one attached hydrogen (secondary N) is 1. The van der Waals surface area contributed by atoms with Crippen molar-refractivity contribution in [3.05, 3.63) is 115 Å². The molecule has 0 spiro atoms. The molecule has 1 aromatic heterocycles. The number of ether oxygens (including phenoxy) is 1. The number of nitrogens with zero attached hydrogens (tertiary/aromatic N) is 2. The van der Waals surface area contributed by atoms with Gasteiger partial charge in [-0.3, -0.25) is 9.69 Å². The standard InChI is InChI=1S/C30H27Cl2N3O3S/c1-19-16-24(8-4-22(19)18-33-34-30(37)21-5-9-27(36)26(32)17-21)38-14-13-35-12-10-28-25(11-15-39-28)29(35)20-2-6-23(31)7-3-20/h2-9,11,15-18,29,36H,10,12-14H2,1H3,(H,34,37)/b33-18-. The number of halogens is 2. The average molecular weight is 581 g/mol. The molecule has 1 aliphatic heterocycles. The molecule has 0 fully saturated rings. The Morgan fingerprint density at radius 3 is 2.74 bits per heavy atom. The summed E-state index contributed by atoms with van der Waals surface area (Å²) in [5.74, 6) is 0.280. The molecule has 9 heteroatoms. The molecule has 0 saturated carbocycles. The van der Waals surface area contributed by atoms with E-state index in [0.717, 1.165) is 41.4 Å². The van der Waals surface area contributed by atoms with Crippen LogP contribution in [0.3, 0.4) is 0 Å². The molecule has 0 aliphatic carbocycles. The van der Waals surface area contributed by atoms with Crippen LogP contribution < -0.4 is 10.2 Å². The zero-order chi connectivity index (χ0) is 27.4. The number of rotatable bonds is 8. The molecule has 0 bridgehead atoms. The zero-order valence-corrected chi connectivity index (χ0v) is 23.6. The molecule has 0 radical (unpaired) electrons. The largest absolute Gasteiger partial charge is 0.506 e. The molecular formula is C30H27Cl2N3O3S. The molecular weight excluding hydrogens is 553 g/mol. The van der Waals surface area contributed by atoms with Gasteiger partial charge in [-0.2, -0.15) is 5.10 Å². The van der Waals surface area contributed by atoms with Crippen molar-refractivity contribution in [1.29, 1.82) is 0 Å². The van der Waals surface area contributed by atoms with Crippen molar-refractivity contribution in [2.45, 2.75) is 19.4 Å². The van der Waals surface area contributed by atoms with Gasteiger partial charge in [0.25, 0.3) is 5.91 Å². The van der Waals surface area contributed by atoms with Crippen LogP contribution in [0.1, 0.15) is 43.5 Å². The van der Waals surface area contributed by atoms with E-state index >= 15 is 0 Å². The van der Waals surface area contributed by atoms with E-state index in [0.29, 0.717) is 12.2 Å². The maximum Gasteiger partial charge on any atom is 0.271 e. The highest BCUT2D eigenvalue weighted by Crippen LogP contribution is 2.38. The first-order valence-corrected chi connectivity index (χ1v) is 14.1. The van der Waals surface area contributed by atoms with Gasteiger partial charge in [0.2, 0.25) is 0 Å². The number of aryl methyl sites for hydroxylation is 1. The molecule has 6 nitrogen and oxygen atoms in total. The number of thiophene rings is 1. The van der Waals surface area contributed by atoms with Gasteiger partial charge in [-0.1, -0.05) is 35.3 Å². The van der Waals surface area contributed by atoms with Crippen LogP contribution >= 0.6 is 34.5 Å². The highest BCUT2D eigenvalue weighted by molar-refractivity contribution is 7.10. The van der Waals surface area contributed by atoms with Gasteiger partial charge >= 0.3 is 0 Å². The molecule has 1 aliphatic rings. The third kappa shape index (κ3) is 6.45. The minimum Gasteiger partial charge on any atom is -0.506 e. The van der Waals surface area contributed by atoms with Gasteiger partial charge in [-0.25, -0.2) is 5.43 Å². The van der Waals surface area contributed by atoms with E-state index in [-0.39, 0.29) is 16.8 Å². The highest BCUT2D eigenvalue weighted by atomic mass is 35.5. The summed E-state index contributed by atoms with van der Waals surface area (Å²) in [4.78, 5) is 16.2. The molecule has 0 saturated heterocycles. The summed E-state index contributed by atoms with van der Waals surface area (Å²) in [6.45, 7) is 4.29. The monoisotopic (exact) mass is 579 g/mol. The summed E-state index contributed by atoms with van der Waals surface area (Å²) in [7, 11) is 0. The van der Waals surface area contributed by atoms with Gasteiger partial charge in [0.1, 0.15) is 18.1 Å². The molecule has 39 heavy (non-hydrogen) atoms. The number of hydrazone groups is 1. The topological polar surface area (TPSA) is 74.2 Å². The van der Waals surface area contributed by atoms with Gasteiger partial charge in [-0.05, 0) is 95.6 Å². The molecule has 200 valence electrons. The Bertz CT molecular complexity index is 1500. The SMILES string of the molecule is Cc1cc(OCCN2CCc3sccc3C2c2ccc(Cl)cc2)ccc1/C=N\NC(=O)c1ccc(O)c(Cl)c1. The molecule has 1 atom stereocenters. The lowest BCUT2D eigenvalue weighted by atomic mass is 9.93. The van der Waals surface area contributed by atoms with E-state index in [1.165, 1.54) is 34.2 Å². The summed E-state index contributed by atoms with van der Waals surface area (Å²) in [6.07, 6.45) is 2.63. The molecule has 1 unspecified atom stereocenters. The van der Waals surface area contributed by atoms with Crippen molar-refractivity contribution in [3.63, 3.8) is 0 Å².